The maximum Gasteiger partial charge on any atom is 0.254 e. The van der Waals surface area contributed by atoms with E-state index >= 15 is 0 Å². The zero-order valence-corrected chi connectivity index (χ0v) is 21.3. The van der Waals surface area contributed by atoms with Crippen molar-refractivity contribution in [2.45, 2.75) is 52.6 Å². The molecule has 2 atom stereocenters. The van der Waals surface area contributed by atoms with Gasteiger partial charge in [0.25, 0.3) is 5.91 Å². The van der Waals surface area contributed by atoms with Gasteiger partial charge in [-0.3, -0.25) is 14.4 Å². The molecule has 1 N–H and O–H groups in total. The first kappa shape index (κ1) is 26.0. The molecule has 0 bridgehead atoms. The number of nitrogens with one attached hydrogen (secondary N) is 1. The van der Waals surface area contributed by atoms with Crippen LogP contribution in [-0.2, 0) is 9.59 Å². The summed E-state index contributed by atoms with van der Waals surface area (Å²) in [6.07, 6.45) is 1.35. The van der Waals surface area contributed by atoms with Crippen molar-refractivity contribution < 1.29 is 19.1 Å². The van der Waals surface area contributed by atoms with Gasteiger partial charge in [0.05, 0.1) is 13.2 Å². The Balaban J connectivity index is 1.92. The van der Waals surface area contributed by atoms with Crippen molar-refractivity contribution in [1.29, 1.82) is 0 Å². The van der Waals surface area contributed by atoms with Crippen molar-refractivity contribution in [2.75, 3.05) is 46.4 Å². The molecule has 2 heterocycles. The third-order valence-corrected chi connectivity index (χ3v) is 6.57. The molecular weight excluding hydrogens is 432 g/mol. The minimum absolute atomic E-state index is 0.0241. The second-order valence-electron chi connectivity index (χ2n) is 10.1. The van der Waals surface area contributed by atoms with Crippen LogP contribution in [0.3, 0.4) is 0 Å². The summed E-state index contributed by atoms with van der Waals surface area (Å²) in [5.74, 6) is 0.585. The topological polar surface area (TPSA) is 82.2 Å². The molecule has 34 heavy (non-hydrogen) atoms. The molecule has 3 rings (SSSR count). The van der Waals surface area contributed by atoms with E-state index in [1.165, 1.54) is 0 Å². The van der Waals surface area contributed by atoms with Crippen molar-refractivity contribution in [3.63, 3.8) is 0 Å². The molecule has 0 saturated carbocycles. The Labute approximate surface area is 203 Å². The SMILES string of the molecule is COc1cccc(C(=O)N2CC(N(CC(C)C)C(=O)C(C)C)CC2C(=O)N2CCCNCC2)c1. The maximum atomic E-state index is 13.7. The lowest BCUT2D eigenvalue weighted by Gasteiger charge is -2.32. The van der Waals surface area contributed by atoms with Gasteiger partial charge in [0.1, 0.15) is 11.8 Å². The number of hydrogen-bond donors (Lipinski definition) is 1. The van der Waals surface area contributed by atoms with E-state index in [4.69, 9.17) is 4.74 Å². The van der Waals surface area contributed by atoms with Crippen LogP contribution in [-0.4, -0.2) is 90.9 Å². The standard InChI is InChI=1S/C26H40N4O4/c1-18(2)16-29(24(31)19(3)4)21-15-23(26(33)28-12-7-10-27-11-13-28)30(17-21)25(32)20-8-6-9-22(14-20)34-5/h6,8-9,14,18-19,21,23,27H,7,10-13,15-17H2,1-5H3. The lowest BCUT2D eigenvalue weighted by molar-refractivity contribution is -0.138. The Morgan fingerprint density at radius 1 is 1.15 bits per heavy atom. The van der Waals surface area contributed by atoms with Gasteiger partial charge in [-0.25, -0.2) is 0 Å². The maximum absolute atomic E-state index is 13.7. The highest BCUT2D eigenvalue weighted by Crippen LogP contribution is 2.28. The van der Waals surface area contributed by atoms with Crippen LogP contribution >= 0.6 is 0 Å². The quantitative estimate of drug-likeness (QED) is 0.658. The van der Waals surface area contributed by atoms with Gasteiger partial charge >= 0.3 is 0 Å². The van der Waals surface area contributed by atoms with Crippen LogP contribution < -0.4 is 10.1 Å². The zero-order valence-electron chi connectivity index (χ0n) is 21.3. The normalized spacial score (nSPS) is 21.0. The van der Waals surface area contributed by atoms with E-state index in [-0.39, 0.29) is 35.6 Å². The number of carbonyl (C=O) groups excluding carboxylic acids is 3. The molecule has 1 aromatic rings. The lowest BCUT2D eigenvalue weighted by Crippen LogP contribution is -2.48. The van der Waals surface area contributed by atoms with E-state index < -0.39 is 6.04 Å². The molecule has 1 aromatic carbocycles. The Bertz CT molecular complexity index is 864. The highest BCUT2D eigenvalue weighted by Gasteiger charge is 2.44. The molecule has 2 unspecified atom stereocenters. The summed E-state index contributed by atoms with van der Waals surface area (Å²) in [5.41, 5.74) is 0.487. The number of amides is 3. The average Bonchev–Trinajstić information content (AvgIpc) is 3.08. The summed E-state index contributed by atoms with van der Waals surface area (Å²) in [5, 5.41) is 3.33. The van der Waals surface area contributed by atoms with Crippen molar-refractivity contribution in [1.82, 2.24) is 20.0 Å². The van der Waals surface area contributed by atoms with Crippen molar-refractivity contribution in [2.24, 2.45) is 11.8 Å². The molecule has 0 aliphatic carbocycles. The number of carbonyl (C=O) groups is 3. The van der Waals surface area contributed by atoms with Gasteiger partial charge < -0.3 is 24.8 Å². The van der Waals surface area contributed by atoms with Crippen molar-refractivity contribution in [3.05, 3.63) is 29.8 Å². The molecule has 188 valence electrons. The van der Waals surface area contributed by atoms with Gasteiger partial charge in [0.2, 0.25) is 11.8 Å². The van der Waals surface area contributed by atoms with Gasteiger partial charge in [-0.15, -0.1) is 0 Å². The summed E-state index contributed by atoms with van der Waals surface area (Å²) in [6, 6.07) is 6.26. The van der Waals surface area contributed by atoms with Gasteiger partial charge in [-0.05, 0) is 43.5 Å². The number of likely N-dealkylation sites (tertiary alicyclic amines) is 1. The smallest absolute Gasteiger partial charge is 0.254 e. The molecule has 0 aromatic heterocycles. The lowest BCUT2D eigenvalue weighted by atomic mass is 10.0. The van der Waals surface area contributed by atoms with E-state index in [0.29, 0.717) is 43.9 Å². The highest BCUT2D eigenvalue weighted by atomic mass is 16.5. The molecule has 2 fully saturated rings. The van der Waals surface area contributed by atoms with Crippen molar-refractivity contribution in [3.8, 4) is 5.75 Å². The molecule has 8 heteroatoms. The van der Waals surface area contributed by atoms with Gasteiger partial charge in [0.15, 0.2) is 0 Å². The van der Waals surface area contributed by atoms with Crippen LogP contribution in [0.1, 0.15) is 50.9 Å². The van der Waals surface area contributed by atoms with Crippen LogP contribution in [0, 0.1) is 11.8 Å². The predicted molar refractivity (Wildman–Crippen MR) is 132 cm³/mol. The summed E-state index contributed by atoms with van der Waals surface area (Å²) < 4.78 is 5.31. The first-order valence-electron chi connectivity index (χ1n) is 12.5. The number of methoxy groups -OCH3 is 1. The summed E-state index contributed by atoms with van der Waals surface area (Å²) in [6.45, 7) is 11.9. The average molecular weight is 473 g/mol. The van der Waals surface area contributed by atoms with Gasteiger partial charge in [0, 0.05) is 44.2 Å². The number of ether oxygens (including phenoxy) is 1. The summed E-state index contributed by atoms with van der Waals surface area (Å²) in [4.78, 5) is 45.9. The van der Waals surface area contributed by atoms with Gasteiger partial charge in [-0.2, -0.15) is 0 Å². The Morgan fingerprint density at radius 3 is 2.59 bits per heavy atom. The molecular formula is C26H40N4O4. The molecule has 2 saturated heterocycles. The minimum atomic E-state index is -0.587. The second kappa shape index (κ2) is 11.7. The van der Waals surface area contributed by atoms with Crippen LogP contribution in [0.25, 0.3) is 0 Å². The van der Waals surface area contributed by atoms with Crippen LogP contribution in [0.15, 0.2) is 24.3 Å². The Morgan fingerprint density at radius 2 is 1.91 bits per heavy atom. The minimum Gasteiger partial charge on any atom is -0.497 e. The fourth-order valence-electron chi connectivity index (χ4n) is 4.84. The van der Waals surface area contributed by atoms with E-state index in [9.17, 15) is 14.4 Å². The molecule has 8 nitrogen and oxygen atoms in total. The van der Waals surface area contributed by atoms with E-state index in [0.717, 1.165) is 19.5 Å². The second-order valence-corrected chi connectivity index (χ2v) is 10.1. The van der Waals surface area contributed by atoms with Gasteiger partial charge in [-0.1, -0.05) is 33.8 Å². The zero-order chi connectivity index (χ0) is 24.8. The first-order chi connectivity index (χ1) is 16.2. The third-order valence-electron chi connectivity index (χ3n) is 6.57. The molecule has 0 radical (unpaired) electrons. The summed E-state index contributed by atoms with van der Waals surface area (Å²) in [7, 11) is 1.57. The van der Waals surface area contributed by atoms with E-state index in [1.807, 2.05) is 23.6 Å². The molecule has 0 spiro atoms. The predicted octanol–water partition coefficient (Wildman–Crippen LogP) is 2.24. The molecule has 3 amide bonds. The Kier molecular flexibility index (Phi) is 8.94. The number of nitrogens with zero attached hydrogens (tertiary/aromatic N) is 3. The number of hydrogen-bond acceptors (Lipinski definition) is 5. The largest absolute Gasteiger partial charge is 0.497 e. The van der Waals surface area contributed by atoms with Crippen LogP contribution in [0.4, 0.5) is 0 Å². The monoisotopic (exact) mass is 472 g/mol. The van der Waals surface area contributed by atoms with E-state index in [1.54, 1.807) is 36.3 Å². The first-order valence-corrected chi connectivity index (χ1v) is 12.5. The fourth-order valence-corrected chi connectivity index (χ4v) is 4.84. The summed E-state index contributed by atoms with van der Waals surface area (Å²) >= 11 is 0. The molecule has 2 aliphatic rings. The Hall–Kier alpha value is -2.61. The van der Waals surface area contributed by atoms with Crippen LogP contribution in [0.5, 0.6) is 5.75 Å². The van der Waals surface area contributed by atoms with E-state index in [2.05, 4.69) is 19.2 Å². The third kappa shape index (κ3) is 6.09. The number of rotatable bonds is 7. The fraction of sp³-hybridized carbons (Fsp3) is 0.654. The number of benzene rings is 1. The highest BCUT2D eigenvalue weighted by molar-refractivity contribution is 5.98. The van der Waals surface area contributed by atoms with Crippen molar-refractivity contribution >= 4 is 17.7 Å². The molecule has 2 aliphatic heterocycles. The van der Waals surface area contributed by atoms with Crippen LogP contribution in [0.2, 0.25) is 0 Å².